The summed E-state index contributed by atoms with van der Waals surface area (Å²) >= 11 is 4.04. The van der Waals surface area contributed by atoms with Crippen LogP contribution < -0.4 is 5.32 Å². The minimum absolute atomic E-state index is 0.0491. The Labute approximate surface area is 206 Å². The predicted octanol–water partition coefficient (Wildman–Crippen LogP) is 4.31. The second-order valence-electron chi connectivity index (χ2n) is 7.96. The molecule has 9 nitrogen and oxygen atoms in total. The number of carbonyl (C=O) groups is 3. The molecule has 4 heterocycles. The maximum absolute atomic E-state index is 12.7. The molecule has 1 aliphatic rings. The Morgan fingerprint density at radius 1 is 1.21 bits per heavy atom. The van der Waals surface area contributed by atoms with E-state index in [2.05, 4.69) is 20.5 Å². The molecule has 0 radical (unpaired) electrons. The van der Waals surface area contributed by atoms with Crippen LogP contribution in [-0.2, 0) is 22.4 Å². The third-order valence-corrected chi connectivity index (χ3v) is 9.22. The number of rotatable bonds is 6. The highest BCUT2D eigenvalue weighted by atomic mass is 32.2. The highest BCUT2D eigenvalue weighted by Gasteiger charge is 2.25. The van der Waals surface area contributed by atoms with Crippen LogP contribution in [0.5, 0.6) is 0 Å². The molecule has 0 unspecified atom stereocenters. The molecule has 1 N–H and O–H groups in total. The van der Waals surface area contributed by atoms with Crippen LogP contribution in [0.1, 0.15) is 55.8 Å². The van der Waals surface area contributed by atoms with E-state index in [1.807, 2.05) is 4.40 Å². The molecule has 0 spiro atoms. The second kappa shape index (κ2) is 9.08. The van der Waals surface area contributed by atoms with Crippen molar-refractivity contribution >= 4 is 73.0 Å². The van der Waals surface area contributed by atoms with Gasteiger partial charge in [-0.1, -0.05) is 11.8 Å². The number of hydrogen-bond acceptors (Lipinski definition) is 10. The van der Waals surface area contributed by atoms with Crippen molar-refractivity contribution in [2.45, 2.75) is 44.7 Å². The van der Waals surface area contributed by atoms with Crippen molar-refractivity contribution in [2.24, 2.45) is 0 Å². The van der Waals surface area contributed by atoms with Gasteiger partial charge in [0, 0.05) is 4.88 Å². The lowest BCUT2D eigenvalue weighted by Crippen LogP contribution is -2.16. The highest BCUT2D eigenvalue weighted by Crippen LogP contribution is 2.38. The number of fused-ring (bicyclic) bond motifs is 5. The number of ketones is 1. The molecule has 4 aromatic rings. The number of hydrogen-bond donors (Lipinski definition) is 1. The number of esters is 1. The van der Waals surface area contributed by atoms with E-state index in [0.717, 1.165) is 46.5 Å². The van der Waals surface area contributed by atoms with E-state index < -0.39 is 5.97 Å². The van der Waals surface area contributed by atoms with E-state index in [9.17, 15) is 14.4 Å². The molecular formula is C22H21N5O4S3. The molecule has 0 saturated heterocycles. The molecule has 1 amide bonds. The van der Waals surface area contributed by atoms with Gasteiger partial charge in [0.2, 0.25) is 5.91 Å². The zero-order valence-corrected chi connectivity index (χ0v) is 21.2. The van der Waals surface area contributed by atoms with Gasteiger partial charge in [0.25, 0.3) is 0 Å². The van der Waals surface area contributed by atoms with Crippen molar-refractivity contribution in [3.05, 3.63) is 32.8 Å². The van der Waals surface area contributed by atoms with Crippen LogP contribution in [0.3, 0.4) is 0 Å². The Morgan fingerprint density at radius 3 is 2.76 bits per heavy atom. The smallest absolute Gasteiger partial charge is 0.341 e. The molecule has 0 aliphatic heterocycles. The van der Waals surface area contributed by atoms with Gasteiger partial charge in [-0.2, -0.15) is 0 Å². The number of nitrogens with one attached hydrogen (secondary N) is 1. The van der Waals surface area contributed by atoms with Gasteiger partial charge in [-0.05, 0) is 50.7 Å². The third-order valence-electron chi connectivity index (χ3n) is 5.77. The zero-order valence-electron chi connectivity index (χ0n) is 18.8. The topological polar surface area (TPSA) is 116 Å². The van der Waals surface area contributed by atoms with E-state index in [1.54, 1.807) is 24.6 Å². The Balaban J connectivity index is 1.37. The lowest BCUT2D eigenvalue weighted by molar-refractivity contribution is -0.113. The molecule has 12 heteroatoms. The van der Waals surface area contributed by atoms with E-state index in [0.29, 0.717) is 20.6 Å². The molecule has 1 aliphatic carbocycles. The molecule has 176 valence electrons. The quantitative estimate of drug-likeness (QED) is 0.229. The fraction of sp³-hybridized carbons (Fsp3) is 0.364. The fourth-order valence-electron chi connectivity index (χ4n) is 4.21. The average Bonchev–Trinajstić information content (AvgIpc) is 3.49. The van der Waals surface area contributed by atoms with E-state index in [-0.39, 0.29) is 23.0 Å². The number of aryl methyl sites for hydroxylation is 2. The number of carbonyl (C=O) groups excluding carboxylic acids is 3. The summed E-state index contributed by atoms with van der Waals surface area (Å²) in [6.45, 7) is 3.09. The van der Waals surface area contributed by atoms with Gasteiger partial charge in [-0.3, -0.25) is 14.0 Å². The van der Waals surface area contributed by atoms with Crippen molar-refractivity contribution < 1.29 is 19.1 Å². The summed E-state index contributed by atoms with van der Waals surface area (Å²) in [4.78, 5) is 44.3. The molecule has 0 saturated carbocycles. The molecule has 0 atom stereocenters. The van der Waals surface area contributed by atoms with Crippen LogP contribution >= 0.6 is 34.4 Å². The first kappa shape index (κ1) is 22.9. The van der Waals surface area contributed by atoms with Crippen molar-refractivity contribution in [1.82, 2.24) is 19.6 Å². The molecule has 0 fully saturated rings. The summed E-state index contributed by atoms with van der Waals surface area (Å²) in [5, 5.41) is 13.4. The number of aromatic nitrogens is 4. The molecule has 34 heavy (non-hydrogen) atoms. The number of thioether (sulfide) groups is 1. The predicted molar refractivity (Wildman–Crippen MR) is 133 cm³/mol. The summed E-state index contributed by atoms with van der Waals surface area (Å²) in [5.41, 5.74) is 2.80. The average molecular weight is 516 g/mol. The Hall–Kier alpha value is -2.83. The second-order valence-corrected chi connectivity index (χ2v) is 11.0. The maximum atomic E-state index is 12.7. The lowest BCUT2D eigenvalue weighted by atomic mass is 9.97. The monoisotopic (exact) mass is 515 g/mol. The summed E-state index contributed by atoms with van der Waals surface area (Å²) in [5.74, 6) is -1.05. The fourth-order valence-corrected chi connectivity index (χ4v) is 7.24. The number of amides is 1. The summed E-state index contributed by atoms with van der Waals surface area (Å²) in [7, 11) is 1.26. The first-order valence-electron chi connectivity index (χ1n) is 10.7. The van der Waals surface area contributed by atoms with E-state index in [1.165, 1.54) is 42.7 Å². The van der Waals surface area contributed by atoms with Gasteiger partial charge in [-0.25, -0.2) is 9.78 Å². The van der Waals surface area contributed by atoms with Crippen molar-refractivity contribution in [3.63, 3.8) is 0 Å². The van der Waals surface area contributed by atoms with Gasteiger partial charge < -0.3 is 10.1 Å². The van der Waals surface area contributed by atoms with Crippen LogP contribution in [0.15, 0.2) is 11.5 Å². The molecular weight excluding hydrogens is 494 g/mol. The van der Waals surface area contributed by atoms with Gasteiger partial charge in [0.05, 0.1) is 28.7 Å². The minimum Gasteiger partial charge on any atom is -0.465 e. The van der Waals surface area contributed by atoms with E-state index >= 15 is 0 Å². The van der Waals surface area contributed by atoms with Crippen LogP contribution in [0.4, 0.5) is 5.00 Å². The summed E-state index contributed by atoms with van der Waals surface area (Å²) < 4.78 is 6.66. The standard InChI is InChI=1S/C22H21N5O4S3/c1-10-15(21(30)31-3)20(34-17(10)11(2)28)24-14(29)8-32-22-26-25-18-16-12-6-4-5-7-13(12)33-19(16)23-9-27(18)22/h9H,4-8H2,1-3H3,(H,24,29). The number of thiophene rings is 2. The third kappa shape index (κ3) is 3.89. The first-order valence-corrected chi connectivity index (χ1v) is 13.3. The van der Waals surface area contributed by atoms with Crippen molar-refractivity contribution in [3.8, 4) is 0 Å². The molecule has 5 rings (SSSR count). The minimum atomic E-state index is -0.596. The van der Waals surface area contributed by atoms with Gasteiger partial charge in [0.15, 0.2) is 16.6 Å². The van der Waals surface area contributed by atoms with Crippen LogP contribution in [0, 0.1) is 6.92 Å². The van der Waals surface area contributed by atoms with Gasteiger partial charge >= 0.3 is 5.97 Å². The molecule has 0 bridgehead atoms. The van der Waals surface area contributed by atoms with Crippen LogP contribution in [0.25, 0.3) is 15.9 Å². The van der Waals surface area contributed by atoms with Crippen molar-refractivity contribution in [2.75, 3.05) is 18.2 Å². The SMILES string of the molecule is COC(=O)c1c(NC(=O)CSc2nnc3c4c5c(sc4ncn23)CCCC5)sc(C(C)=O)c1C. The number of ether oxygens (including phenoxy) is 1. The Morgan fingerprint density at radius 2 is 2.00 bits per heavy atom. The van der Waals surface area contributed by atoms with Crippen LogP contribution in [-0.4, -0.2) is 50.1 Å². The molecule has 4 aromatic heterocycles. The Kier molecular flexibility index (Phi) is 6.13. The molecule has 0 aromatic carbocycles. The van der Waals surface area contributed by atoms with Crippen LogP contribution in [0.2, 0.25) is 0 Å². The number of anilines is 1. The number of nitrogens with zero attached hydrogens (tertiary/aromatic N) is 4. The summed E-state index contributed by atoms with van der Waals surface area (Å²) in [6.07, 6.45) is 6.18. The first-order chi connectivity index (χ1) is 16.4. The number of Topliss-reactive ketones (excluding diaryl/α,β-unsaturated/α-hetero) is 1. The highest BCUT2D eigenvalue weighted by molar-refractivity contribution is 7.99. The zero-order chi connectivity index (χ0) is 24.0. The normalized spacial score (nSPS) is 13.3. The number of methoxy groups -OCH3 is 1. The van der Waals surface area contributed by atoms with Gasteiger partial charge in [-0.15, -0.1) is 32.9 Å². The van der Waals surface area contributed by atoms with Crippen molar-refractivity contribution in [1.29, 1.82) is 0 Å². The largest absolute Gasteiger partial charge is 0.465 e. The Bertz CT molecular complexity index is 1470. The van der Waals surface area contributed by atoms with E-state index in [4.69, 9.17) is 4.74 Å². The lowest BCUT2D eigenvalue weighted by Gasteiger charge is -2.10. The maximum Gasteiger partial charge on any atom is 0.341 e. The summed E-state index contributed by atoms with van der Waals surface area (Å²) in [6, 6.07) is 0. The van der Waals surface area contributed by atoms with Gasteiger partial charge in [0.1, 0.15) is 16.2 Å².